The summed E-state index contributed by atoms with van der Waals surface area (Å²) in [4.78, 5) is 2.40. The van der Waals surface area contributed by atoms with E-state index >= 15 is 0 Å². The van der Waals surface area contributed by atoms with Crippen molar-refractivity contribution in [1.82, 2.24) is 19.7 Å². The molecule has 100 valence electrons. The van der Waals surface area contributed by atoms with E-state index in [2.05, 4.69) is 28.9 Å². The van der Waals surface area contributed by atoms with Gasteiger partial charge in [-0.25, -0.2) is 0 Å². The molecule has 2 aliphatic rings. The molecule has 4 nitrogen and oxygen atoms in total. The Balaban J connectivity index is 1.77. The lowest BCUT2D eigenvalue weighted by Crippen LogP contribution is -2.31. The monoisotopic (exact) mass is 256 g/mol. The fourth-order valence-corrected chi connectivity index (χ4v) is 3.22. The SMILES string of the molecule is Cc1nnc(C2C3CN(C(C)C)CC32)n1C(F)F. The van der Waals surface area contributed by atoms with E-state index in [1.165, 1.54) is 0 Å². The van der Waals surface area contributed by atoms with Gasteiger partial charge in [-0.05, 0) is 32.6 Å². The van der Waals surface area contributed by atoms with Gasteiger partial charge in [0.25, 0.3) is 0 Å². The van der Waals surface area contributed by atoms with Gasteiger partial charge in [-0.2, -0.15) is 8.78 Å². The summed E-state index contributed by atoms with van der Waals surface area (Å²) in [7, 11) is 0. The first-order valence-electron chi connectivity index (χ1n) is 6.44. The van der Waals surface area contributed by atoms with Crippen LogP contribution in [0.3, 0.4) is 0 Å². The van der Waals surface area contributed by atoms with Crippen LogP contribution in [0.1, 0.15) is 38.0 Å². The van der Waals surface area contributed by atoms with Gasteiger partial charge in [0.15, 0.2) is 0 Å². The maximum Gasteiger partial charge on any atom is 0.321 e. The largest absolute Gasteiger partial charge is 0.321 e. The molecule has 1 saturated heterocycles. The van der Waals surface area contributed by atoms with Crippen molar-refractivity contribution in [3.8, 4) is 0 Å². The summed E-state index contributed by atoms with van der Waals surface area (Å²) in [5.41, 5.74) is 0. The highest BCUT2D eigenvalue weighted by Crippen LogP contribution is 2.58. The van der Waals surface area contributed by atoms with Crippen LogP contribution in [-0.4, -0.2) is 38.8 Å². The molecule has 3 rings (SSSR count). The number of hydrogen-bond acceptors (Lipinski definition) is 3. The number of hydrogen-bond donors (Lipinski definition) is 0. The summed E-state index contributed by atoms with van der Waals surface area (Å²) in [6.07, 6.45) is 0. The van der Waals surface area contributed by atoms with Crippen LogP contribution in [0.5, 0.6) is 0 Å². The van der Waals surface area contributed by atoms with E-state index in [-0.39, 0.29) is 5.92 Å². The van der Waals surface area contributed by atoms with E-state index in [0.29, 0.717) is 29.5 Å². The highest BCUT2D eigenvalue weighted by atomic mass is 19.3. The average Bonchev–Trinajstić information content (AvgIpc) is 2.69. The Hall–Kier alpha value is -1.04. The van der Waals surface area contributed by atoms with E-state index in [0.717, 1.165) is 17.7 Å². The Bertz CT molecular complexity index is 445. The molecule has 1 aromatic rings. The standard InChI is InChI=1S/C12H18F2N4/c1-6(2)17-4-8-9(5-17)10(8)11-16-15-7(3)18(11)12(13)14/h6,8-10,12H,4-5H2,1-3H3. The zero-order chi connectivity index (χ0) is 13.0. The summed E-state index contributed by atoms with van der Waals surface area (Å²) >= 11 is 0. The van der Waals surface area contributed by atoms with Crippen molar-refractivity contribution in [2.24, 2.45) is 11.8 Å². The fraction of sp³-hybridized carbons (Fsp3) is 0.833. The molecule has 1 saturated carbocycles. The van der Waals surface area contributed by atoms with Gasteiger partial charge in [-0.15, -0.1) is 10.2 Å². The minimum atomic E-state index is -2.53. The minimum Gasteiger partial charge on any atom is -0.300 e. The van der Waals surface area contributed by atoms with Crippen LogP contribution in [0.2, 0.25) is 0 Å². The Labute approximate surface area is 105 Å². The molecule has 0 aromatic carbocycles. The van der Waals surface area contributed by atoms with Crippen molar-refractivity contribution >= 4 is 0 Å². The molecule has 2 fully saturated rings. The molecule has 2 atom stereocenters. The molecule has 0 spiro atoms. The maximum absolute atomic E-state index is 13.0. The molecule has 18 heavy (non-hydrogen) atoms. The van der Waals surface area contributed by atoms with E-state index in [4.69, 9.17) is 0 Å². The normalized spacial score (nSPS) is 31.4. The average molecular weight is 256 g/mol. The molecule has 0 radical (unpaired) electrons. The molecule has 0 amide bonds. The lowest BCUT2D eigenvalue weighted by Gasteiger charge is -2.23. The number of fused-ring (bicyclic) bond motifs is 1. The van der Waals surface area contributed by atoms with Crippen molar-refractivity contribution in [2.45, 2.75) is 39.3 Å². The third-order valence-corrected chi connectivity index (χ3v) is 4.34. The van der Waals surface area contributed by atoms with Crippen molar-refractivity contribution in [1.29, 1.82) is 0 Å². The molecule has 1 aliphatic heterocycles. The predicted octanol–water partition coefficient (Wildman–Crippen LogP) is 2.04. The number of likely N-dealkylation sites (tertiary alicyclic amines) is 1. The summed E-state index contributed by atoms with van der Waals surface area (Å²) in [5.74, 6) is 1.98. The molecular weight excluding hydrogens is 238 g/mol. The molecule has 0 N–H and O–H groups in total. The Morgan fingerprint density at radius 3 is 2.28 bits per heavy atom. The van der Waals surface area contributed by atoms with Gasteiger partial charge >= 0.3 is 6.55 Å². The Morgan fingerprint density at radius 1 is 1.17 bits per heavy atom. The topological polar surface area (TPSA) is 34.0 Å². The van der Waals surface area contributed by atoms with Gasteiger partial charge in [0.1, 0.15) is 11.6 Å². The third kappa shape index (κ3) is 1.66. The summed E-state index contributed by atoms with van der Waals surface area (Å²) in [6.45, 7) is 5.40. The number of rotatable bonds is 3. The van der Waals surface area contributed by atoms with Gasteiger partial charge < -0.3 is 4.90 Å². The lowest BCUT2D eigenvalue weighted by atomic mass is 10.2. The first-order chi connectivity index (χ1) is 8.50. The molecule has 1 aromatic heterocycles. The van der Waals surface area contributed by atoms with Crippen molar-refractivity contribution < 1.29 is 8.78 Å². The summed E-state index contributed by atoms with van der Waals surface area (Å²) < 4.78 is 26.9. The fourth-order valence-electron chi connectivity index (χ4n) is 3.22. The smallest absolute Gasteiger partial charge is 0.300 e. The molecular formula is C12H18F2N4. The number of nitrogens with zero attached hydrogens (tertiary/aromatic N) is 4. The van der Waals surface area contributed by atoms with Crippen LogP contribution >= 0.6 is 0 Å². The van der Waals surface area contributed by atoms with Crippen LogP contribution in [0, 0.1) is 18.8 Å². The number of alkyl halides is 2. The minimum absolute atomic E-state index is 0.190. The van der Waals surface area contributed by atoms with E-state index in [9.17, 15) is 8.78 Å². The molecule has 6 heteroatoms. The van der Waals surface area contributed by atoms with Gasteiger partial charge in [0.2, 0.25) is 0 Å². The second-order valence-electron chi connectivity index (χ2n) is 5.65. The zero-order valence-corrected chi connectivity index (χ0v) is 10.8. The number of aromatic nitrogens is 3. The van der Waals surface area contributed by atoms with E-state index in [1.807, 2.05) is 0 Å². The van der Waals surface area contributed by atoms with Gasteiger partial charge in [0, 0.05) is 25.0 Å². The number of aryl methyl sites for hydroxylation is 1. The van der Waals surface area contributed by atoms with Gasteiger partial charge in [-0.1, -0.05) is 0 Å². The van der Waals surface area contributed by atoms with Crippen LogP contribution < -0.4 is 0 Å². The van der Waals surface area contributed by atoms with Crippen molar-refractivity contribution in [2.75, 3.05) is 13.1 Å². The predicted molar refractivity (Wildman–Crippen MR) is 62.4 cm³/mol. The Kier molecular flexibility index (Phi) is 2.66. The second-order valence-corrected chi connectivity index (χ2v) is 5.65. The molecule has 2 unspecified atom stereocenters. The maximum atomic E-state index is 13.0. The molecule has 2 heterocycles. The molecule has 1 aliphatic carbocycles. The van der Waals surface area contributed by atoms with E-state index < -0.39 is 6.55 Å². The van der Waals surface area contributed by atoms with Crippen LogP contribution in [0.4, 0.5) is 8.78 Å². The highest BCUT2D eigenvalue weighted by Gasteiger charge is 2.58. The van der Waals surface area contributed by atoms with Crippen LogP contribution in [0.25, 0.3) is 0 Å². The van der Waals surface area contributed by atoms with Crippen molar-refractivity contribution in [3.63, 3.8) is 0 Å². The first kappa shape index (κ1) is 12.0. The van der Waals surface area contributed by atoms with Crippen LogP contribution in [0.15, 0.2) is 0 Å². The Morgan fingerprint density at radius 2 is 1.78 bits per heavy atom. The first-order valence-corrected chi connectivity index (χ1v) is 6.44. The lowest BCUT2D eigenvalue weighted by molar-refractivity contribution is 0.0637. The van der Waals surface area contributed by atoms with Gasteiger partial charge in [0.05, 0.1) is 0 Å². The van der Waals surface area contributed by atoms with E-state index in [1.54, 1.807) is 6.92 Å². The highest BCUT2D eigenvalue weighted by molar-refractivity contribution is 5.21. The number of piperidine rings is 1. The van der Waals surface area contributed by atoms with Crippen molar-refractivity contribution in [3.05, 3.63) is 11.6 Å². The second kappa shape index (κ2) is 3.98. The summed E-state index contributed by atoms with van der Waals surface area (Å²) in [6, 6.07) is 0.535. The van der Waals surface area contributed by atoms with Gasteiger partial charge in [-0.3, -0.25) is 4.57 Å². The summed E-state index contributed by atoms with van der Waals surface area (Å²) in [5, 5.41) is 7.77. The zero-order valence-electron chi connectivity index (χ0n) is 10.8. The quantitative estimate of drug-likeness (QED) is 0.830. The van der Waals surface area contributed by atoms with Crippen LogP contribution in [-0.2, 0) is 0 Å². The third-order valence-electron chi connectivity index (χ3n) is 4.34. The number of halogens is 2. The molecule has 0 bridgehead atoms.